The summed E-state index contributed by atoms with van der Waals surface area (Å²) in [5, 5.41) is 2.62. The van der Waals surface area contributed by atoms with Crippen LogP contribution in [0.25, 0.3) is 10.8 Å². The van der Waals surface area contributed by atoms with Crippen molar-refractivity contribution < 1.29 is 19.0 Å². The van der Waals surface area contributed by atoms with Gasteiger partial charge in [-0.15, -0.1) is 0 Å². The molecule has 4 nitrogen and oxygen atoms in total. The van der Waals surface area contributed by atoms with Crippen LogP contribution in [0, 0.1) is 0 Å². The lowest BCUT2D eigenvalue weighted by Crippen LogP contribution is -2.05. The van der Waals surface area contributed by atoms with Crippen LogP contribution in [0.2, 0.25) is 0 Å². The number of methoxy groups -OCH3 is 2. The number of rotatable bonds is 5. The Hall–Kier alpha value is -1.91. The zero-order valence-corrected chi connectivity index (χ0v) is 15.6. The van der Waals surface area contributed by atoms with Crippen LogP contribution in [0.15, 0.2) is 48.5 Å². The fraction of sp³-hybridized carbons (Fsp3) is 0.476. The zero-order valence-electron chi connectivity index (χ0n) is 15.6. The van der Waals surface area contributed by atoms with Crippen molar-refractivity contribution in [2.75, 3.05) is 21.0 Å². The Morgan fingerprint density at radius 3 is 1.84 bits per heavy atom. The molecule has 0 N–H and O–H groups in total. The number of benzene rings is 2. The van der Waals surface area contributed by atoms with Crippen molar-refractivity contribution in [3.05, 3.63) is 48.5 Å². The number of fused-ring (bicyclic) bond motifs is 1. The lowest BCUT2D eigenvalue weighted by Gasteiger charge is -2.06. The molecule has 0 bridgehead atoms. The monoisotopic (exact) mass is 346 g/mol. The number of unbranched alkanes of at least 4 members (excludes halogenated alkanes) is 1. The topological polar surface area (TPSA) is 44.8 Å². The van der Waals surface area contributed by atoms with E-state index in [-0.39, 0.29) is 12.1 Å². The second kappa shape index (κ2) is 13.4. The number of carbonyl (C=O) groups is 1. The summed E-state index contributed by atoms with van der Waals surface area (Å²) < 4.78 is 14.0. The first-order valence-electron chi connectivity index (χ1n) is 8.82. The molecule has 1 aliphatic rings. The van der Waals surface area contributed by atoms with Crippen LogP contribution >= 0.6 is 0 Å². The van der Waals surface area contributed by atoms with E-state index in [1.165, 1.54) is 23.6 Å². The first-order chi connectivity index (χ1) is 12.2. The van der Waals surface area contributed by atoms with Crippen molar-refractivity contribution in [1.82, 2.24) is 0 Å². The van der Waals surface area contributed by atoms with Gasteiger partial charge in [0.25, 0.3) is 0 Å². The van der Waals surface area contributed by atoms with Gasteiger partial charge in [0.05, 0.1) is 0 Å². The summed E-state index contributed by atoms with van der Waals surface area (Å²) in [6.07, 6.45) is 5.24. The molecule has 1 saturated heterocycles. The largest absolute Gasteiger partial charge is 0.462 e. The van der Waals surface area contributed by atoms with Gasteiger partial charge in [-0.1, -0.05) is 68.3 Å². The molecule has 0 spiro atoms. The SMILES string of the molecule is CCCCC1CCC(=O)O1.COCOC.c1ccc2ccccc2c1. The van der Waals surface area contributed by atoms with Gasteiger partial charge in [-0.25, -0.2) is 0 Å². The molecule has 3 rings (SSSR count). The van der Waals surface area contributed by atoms with E-state index in [0.29, 0.717) is 13.2 Å². The summed E-state index contributed by atoms with van der Waals surface area (Å²) in [5.74, 6) is -0.0129. The summed E-state index contributed by atoms with van der Waals surface area (Å²) >= 11 is 0. The lowest BCUT2D eigenvalue weighted by atomic mass is 10.1. The van der Waals surface area contributed by atoms with Crippen molar-refractivity contribution in [2.24, 2.45) is 0 Å². The van der Waals surface area contributed by atoms with Gasteiger partial charge in [-0.05, 0) is 23.6 Å². The third kappa shape index (κ3) is 9.22. The van der Waals surface area contributed by atoms with E-state index in [1.807, 2.05) is 0 Å². The van der Waals surface area contributed by atoms with Crippen molar-refractivity contribution in [3.8, 4) is 0 Å². The van der Waals surface area contributed by atoms with Crippen molar-refractivity contribution in [2.45, 2.75) is 45.1 Å². The third-order valence-corrected chi connectivity index (χ3v) is 3.74. The van der Waals surface area contributed by atoms with E-state index in [2.05, 4.69) is 64.9 Å². The molecule has 138 valence electrons. The first-order valence-corrected chi connectivity index (χ1v) is 8.82. The van der Waals surface area contributed by atoms with Gasteiger partial charge in [0.2, 0.25) is 0 Å². The summed E-state index contributed by atoms with van der Waals surface area (Å²) in [4.78, 5) is 10.6. The molecule has 0 aliphatic carbocycles. The molecule has 1 atom stereocenters. The van der Waals surface area contributed by atoms with E-state index >= 15 is 0 Å². The number of hydrogen-bond acceptors (Lipinski definition) is 4. The predicted molar refractivity (Wildman–Crippen MR) is 101 cm³/mol. The number of esters is 1. The molecule has 0 aromatic heterocycles. The van der Waals surface area contributed by atoms with Crippen LogP contribution in [0.4, 0.5) is 0 Å². The first kappa shape index (κ1) is 21.1. The molecule has 0 saturated carbocycles. The average molecular weight is 346 g/mol. The molecule has 1 aliphatic heterocycles. The van der Waals surface area contributed by atoms with Gasteiger partial charge in [0.15, 0.2) is 0 Å². The Bertz CT molecular complexity index is 530. The summed E-state index contributed by atoms with van der Waals surface area (Å²) in [6.45, 7) is 2.54. The van der Waals surface area contributed by atoms with Crippen LogP contribution < -0.4 is 0 Å². The maximum absolute atomic E-state index is 10.6. The number of hydrogen-bond donors (Lipinski definition) is 0. The molecule has 25 heavy (non-hydrogen) atoms. The fourth-order valence-corrected chi connectivity index (χ4v) is 2.47. The highest BCUT2D eigenvalue weighted by molar-refractivity contribution is 5.82. The van der Waals surface area contributed by atoms with Crippen molar-refractivity contribution in [3.63, 3.8) is 0 Å². The summed E-state index contributed by atoms with van der Waals surface area (Å²) in [6, 6.07) is 16.7. The van der Waals surface area contributed by atoms with Gasteiger partial charge in [-0.3, -0.25) is 4.79 Å². The minimum atomic E-state index is -0.0129. The summed E-state index contributed by atoms with van der Waals surface area (Å²) in [5.41, 5.74) is 0. The van der Waals surface area contributed by atoms with Crippen LogP contribution in [0.1, 0.15) is 39.0 Å². The Kier molecular flexibility index (Phi) is 11.3. The standard InChI is InChI=1S/C10H8.C8H14O2.C3H8O2/c1-2-6-10-8-4-3-7-9(10)5-1;1-2-3-4-7-5-6-8(9)10-7;1-4-3-5-2/h1-8H;7H,2-6H2,1H3;3H2,1-2H3. The van der Waals surface area contributed by atoms with Crippen molar-refractivity contribution >= 4 is 16.7 Å². The number of carbonyl (C=O) groups excluding carboxylic acids is 1. The third-order valence-electron chi connectivity index (χ3n) is 3.74. The van der Waals surface area contributed by atoms with E-state index in [9.17, 15) is 4.79 Å². The quantitative estimate of drug-likeness (QED) is 0.567. The van der Waals surface area contributed by atoms with Gasteiger partial charge in [0, 0.05) is 20.6 Å². The normalized spacial score (nSPS) is 15.6. The molecule has 0 radical (unpaired) electrons. The van der Waals surface area contributed by atoms with Gasteiger partial charge in [0.1, 0.15) is 12.9 Å². The molecule has 1 fully saturated rings. The maximum atomic E-state index is 10.6. The molecule has 2 aromatic rings. The maximum Gasteiger partial charge on any atom is 0.306 e. The van der Waals surface area contributed by atoms with E-state index in [4.69, 9.17) is 4.74 Å². The Morgan fingerprint density at radius 1 is 1.00 bits per heavy atom. The Morgan fingerprint density at radius 2 is 1.52 bits per heavy atom. The minimum Gasteiger partial charge on any atom is -0.462 e. The molecule has 1 heterocycles. The van der Waals surface area contributed by atoms with Crippen LogP contribution in [0.3, 0.4) is 0 Å². The molecular weight excluding hydrogens is 316 g/mol. The lowest BCUT2D eigenvalue weighted by molar-refractivity contribution is -0.141. The highest BCUT2D eigenvalue weighted by Crippen LogP contribution is 2.18. The van der Waals surface area contributed by atoms with E-state index in [0.717, 1.165) is 12.8 Å². The molecular formula is C21H30O4. The molecule has 0 amide bonds. The average Bonchev–Trinajstić information content (AvgIpc) is 3.07. The highest BCUT2D eigenvalue weighted by Gasteiger charge is 2.21. The smallest absolute Gasteiger partial charge is 0.306 e. The van der Waals surface area contributed by atoms with Crippen LogP contribution in [0.5, 0.6) is 0 Å². The number of ether oxygens (including phenoxy) is 3. The Balaban J connectivity index is 0.000000200. The zero-order chi connectivity index (χ0) is 18.3. The predicted octanol–water partition coefficient (Wildman–Crippen LogP) is 4.96. The second-order valence-corrected chi connectivity index (χ2v) is 5.84. The second-order valence-electron chi connectivity index (χ2n) is 5.84. The molecule has 1 unspecified atom stereocenters. The van der Waals surface area contributed by atoms with Crippen LogP contribution in [-0.4, -0.2) is 33.1 Å². The van der Waals surface area contributed by atoms with Gasteiger partial charge in [-0.2, -0.15) is 0 Å². The highest BCUT2D eigenvalue weighted by atomic mass is 16.6. The van der Waals surface area contributed by atoms with E-state index in [1.54, 1.807) is 14.2 Å². The van der Waals surface area contributed by atoms with Gasteiger partial charge < -0.3 is 14.2 Å². The Labute approximate surface area is 151 Å². The van der Waals surface area contributed by atoms with E-state index < -0.39 is 0 Å². The van der Waals surface area contributed by atoms with Crippen molar-refractivity contribution in [1.29, 1.82) is 0 Å². The summed E-state index contributed by atoms with van der Waals surface area (Å²) in [7, 11) is 3.17. The fourth-order valence-electron chi connectivity index (χ4n) is 2.47. The van der Waals surface area contributed by atoms with Gasteiger partial charge >= 0.3 is 5.97 Å². The van der Waals surface area contributed by atoms with Crippen LogP contribution in [-0.2, 0) is 19.0 Å². The molecule has 4 heteroatoms. The minimum absolute atomic E-state index is 0.0129. The molecule has 2 aromatic carbocycles. The number of cyclic esters (lactones) is 1.